The first-order valence-electron chi connectivity index (χ1n) is 3.53. The van der Waals surface area contributed by atoms with E-state index in [9.17, 15) is 4.79 Å². The molecule has 0 fully saturated rings. The molecule has 0 aromatic rings. The summed E-state index contributed by atoms with van der Waals surface area (Å²) in [5, 5.41) is 2.45. The predicted octanol–water partition coefficient (Wildman–Crippen LogP) is 1.16. The molecule has 0 saturated carbocycles. The molecule has 0 bridgehead atoms. The van der Waals surface area contributed by atoms with E-state index in [1.807, 2.05) is 6.92 Å². The van der Waals surface area contributed by atoms with Crippen LogP contribution in [0, 0.1) is 0 Å². The van der Waals surface area contributed by atoms with Crippen LogP contribution in [0.15, 0.2) is 41.2 Å². The summed E-state index contributed by atoms with van der Waals surface area (Å²) in [5.74, 6) is -0.239. The van der Waals surface area contributed by atoms with Crippen LogP contribution in [-0.4, -0.2) is 12.1 Å². The molecule has 1 rings (SSSR count). The van der Waals surface area contributed by atoms with Crippen molar-refractivity contribution in [1.29, 1.82) is 0 Å². The number of carbonyl (C=O) groups is 1. The van der Waals surface area contributed by atoms with Gasteiger partial charge in [-0.25, -0.2) is 0 Å². The first-order chi connectivity index (χ1) is 5.66. The summed E-state index contributed by atoms with van der Waals surface area (Å²) in [5.41, 5.74) is 2.01. The van der Waals surface area contributed by atoms with Gasteiger partial charge in [0, 0.05) is 6.21 Å². The van der Waals surface area contributed by atoms with E-state index < -0.39 is 0 Å². The van der Waals surface area contributed by atoms with Gasteiger partial charge in [0.05, 0.1) is 0 Å². The van der Waals surface area contributed by atoms with Crippen LogP contribution in [0.2, 0.25) is 0 Å². The topological polar surface area (TPSA) is 41.5 Å². The molecule has 3 nitrogen and oxygen atoms in total. The van der Waals surface area contributed by atoms with E-state index >= 15 is 0 Å². The van der Waals surface area contributed by atoms with Crippen molar-refractivity contribution >= 4 is 12.1 Å². The Balaban J connectivity index is 2.89. The third kappa shape index (κ3) is 1.34. The maximum atomic E-state index is 11.2. The van der Waals surface area contributed by atoms with Gasteiger partial charge < -0.3 is 5.32 Å². The Morgan fingerprint density at radius 1 is 1.75 bits per heavy atom. The Bertz CT molecular complexity index is 310. The lowest BCUT2D eigenvalue weighted by Gasteiger charge is -1.98. The highest BCUT2D eigenvalue weighted by Gasteiger charge is 2.15. The van der Waals surface area contributed by atoms with Crippen molar-refractivity contribution in [2.45, 2.75) is 6.92 Å². The SMILES string of the molecule is C=CNC(=O)C1=C(C)C(=C)C=N1. The van der Waals surface area contributed by atoms with Gasteiger partial charge in [0.2, 0.25) is 0 Å². The average molecular weight is 162 g/mol. The van der Waals surface area contributed by atoms with Crippen LogP contribution >= 0.6 is 0 Å². The maximum Gasteiger partial charge on any atom is 0.274 e. The molecule has 1 heterocycles. The predicted molar refractivity (Wildman–Crippen MR) is 48.7 cm³/mol. The molecule has 62 valence electrons. The number of amides is 1. The molecule has 1 amide bonds. The minimum absolute atomic E-state index is 0.239. The minimum atomic E-state index is -0.239. The quantitative estimate of drug-likeness (QED) is 0.650. The summed E-state index contributed by atoms with van der Waals surface area (Å²) in [6.45, 7) is 8.92. The fraction of sp³-hybridized carbons (Fsp3) is 0.111. The van der Waals surface area contributed by atoms with Crippen LogP contribution in [0.5, 0.6) is 0 Å². The highest BCUT2D eigenvalue weighted by Crippen LogP contribution is 2.18. The van der Waals surface area contributed by atoms with E-state index in [4.69, 9.17) is 0 Å². The number of hydrogen-bond donors (Lipinski definition) is 1. The van der Waals surface area contributed by atoms with Crippen molar-refractivity contribution < 1.29 is 4.79 Å². The molecule has 1 aliphatic heterocycles. The van der Waals surface area contributed by atoms with Crippen LogP contribution in [0.4, 0.5) is 0 Å². The van der Waals surface area contributed by atoms with Gasteiger partial charge >= 0.3 is 0 Å². The van der Waals surface area contributed by atoms with Crippen LogP contribution in [0.1, 0.15) is 6.92 Å². The lowest BCUT2D eigenvalue weighted by atomic mass is 10.1. The Morgan fingerprint density at radius 3 is 2.83 bits per heavy atom. The molecule has 12 heavy (non-hydrogen) atoms. The molecule has 0 aromatic heterocycles. The van der Waals surface area contributed by atoms with Gasteiger partial charge in [-0.3, -0.25) is 9.79 Å². The van der Waals surface area contributed by atoms with Crippen molar-refractivity contribution in [3.05, 3.63) is 36.2 Å². The van der Waals surface area contributed by atoms with E-state index in [1.54, 1.807) is 6.21 Å². The second-order valence-corrected chi connectivity index (χ2v) is 2.43. The lowest BCUT2D eigenvalue weighted by Crippen LogP contribution is -2.17. The van der Waals surface area contributed by atoms with E-state index in [1.165, 1.54) is 6.20 Å². The first-order valence-corrected chi connectivity index (χ1v) is 3.53. The number of carbonyl (C=O) groups excluding carboxylic acids is 1. The number of nitrogens with one attached hydrogen (secondary N) is 1. The van der Waals surface area contributed by atoms with Gasteiger partial charge in [-0.2, -0.15) is 0 Å². The van der Waals surface area contributed by atoms with Gasteiger partial charge in [-0.1, -0.05) is 13.2 Å². The van der Waals surface area contributed by atoms with E-state index in [0.29, 0.717) is 5.70 Å². The average Bonchev–Trinajstić information content (AvgIpc) is 2.34. The van der Waals surface area contributed by atoms with Gasteiger partial charge in [0.1, 0.15) is 5.70 Å². The fourth-order valence-electron chi connectivity index (χ4n) is 0.878. The van der Waals surface area contributed by atoms with Gasteiger partial charge in [0.25, 0.3) is 5.91 Å². The molecule has 0 radical (unpaired) electrons. The first kappa shape index (κ1) is 8.46. The Labute approximate surface area is 71.2 Å². The zero-order valence-corrected chi connectivity index (χ0v) is 6.92. The molecular weight excluding hydrogens is 152 g/mol. The molecular formula is C9H10N2O. The molecule has 0 aliphatic carbocycles. The van der Waals surface area contributed by atoms with Crippen LogP contribution in [0.25, 0.3) is 0 Å². The molecule has 0 aromatic carbocycles. The lowest BCUT2D eigenvalue weighted by molar-refractivity contribution is -0.116. The molecule has 0 atom stereocenters. The van der Waals surface area contributed by atoms with Crippen molar-refractivity contribution in [1.82, 2.24) is 5.32 Å². The van der Waals surface area contributed by atoms with E-state index in [-0.39, 0.29) is 5.91 Å². The molecule has 1 aliphatic rings. The number of aliphatic imine (C=N–C) groups is 1. The van der Waals surface area contributed by atoms with Crippen LogP contribution in [0.3, 0.4) is 0 Å². The summed E-state index contributed by atoms with van der Waals surface area (Å²) in [6, 6.07) is 0. The number of allylic oxidation sites excluding steroid dienone is 2. The monoisotopic (exact) mass is 162 g/mol. The third-order valence-corrected chi connectivity index (χ3v) is 1.63. The van der Waals surface area contributed by atoms with E-state index in [0.717, 1.165) is 11.1 Å². The zero-order chi connectivity index (χ0) is 9.14. The van der Waals surface area contributed by atoms with Crippen LogP contribution < -0.4 is 5.32 Å². The highest BCUT2D eigenvalue weighted by atomic mass is 16.1. The van der Waals surface area contributed by atoms with Gasteiger partial charge in [-0.05, 0) is 24.3 Å². The molecule has 1 N–H and O–H groups in total. The largest absolute Gasteiger partial charge is 0.328 e. The summed E-state index contributed by atoms with van der Waals surface area (Å²) < 4.78 is 0. The number of hydrogen-bond acceptors (Lipinski definition) is 2. The molecule has 0 saturated heterocycles. The van der Waals surface area contributed by atoms with Crippen molar-refractivity contribution in [3.63, 3.8) is 0 Å². The second kappa shape index (κ2) is 3.17. The summed E-state index contributed by atoms with van der Waals surface area (Å²) in [4.78, 5) is 15.1. The normalized spacial score (nSPS) is 15.2. The summed E-state index contributed by atoms with van der Waals surface area (Å²) in [7, 11) is 0. The smallest absolute Gasteiger partial charge is 0.274 e. The zero-order valence-electron chi connectivity index (χ0n) is 6.92. The Hall–Kier alpha value is -1.64. The Morgan fingerprint density at radius 2 is 2.42 bits per heavy atom. The second-order valence-electron chi connectivity index (χ2n) is 2.43. The van der Waals surface area contributed by atoms with E-state index in [2.05, 4.69) is 23.5 Å². The number of rotatable bonds is 2. The molecule has 0 unspecified atom stereocenters. The molecule has 0 spiro atoms. The van der Waals surface area contributed by atoms with Gasteiger partial charge in [-0.15, -0.1) is 0 Å². The highest BCUT2D eigenvalue weighted by molar-refractivity contribution is 6.03. The van der Waals surface area contributed by atoms with Crippen molar-refractivity contribution in [2.24, 2.45) is 4.99 Å². The fourth-order valence-corrected chi connectivity index (χ4v) is 0.878. The number of nitrogens with zero attached hydrogens (tertiary/aromatic N) is 1. The maximum absolute atomic E-state index is 11.2. The van der Waals surface area contributed by atoms with Crippen molar-refractivity contribution in [2.75, 3.05) is 0 Å². The van der Waals surface area contributed by atoms with Gasteiger partial charge in [0.15, 0.2) is 0 Å². The Kier molecular flexibility index (Phi) is 2.24. The summed E-state index contributed by atoms with van der Waals surface area (Å²) >= 11 is 0. The summed E-state index contributed by atoms with van der Waals surface area (Å²) in [6.07, 6.45) is 2.91. The molecule has 3 heteroatoms. The third-order valence-electron chi connectivity index (χ3n) is 1.63. The van der Waals surface area contributed by atoms with Crippen LogP contribution in [-0.2, 0) is 4.79 Å². The van der Waals surface area contributed by atoms with Crippen molar-refractivity contribution in [3.8, 4) is 0 Å². The standard InChI is InChI=1S/C9H10N2O/c1-4-10-9(12)8-7(3)6(2)5-11-8/h4-5H,1-2H2,3H3,(H,10,12). The minimum Gasteiger partial charge on any atom is -0.328 e.